The number of amides is 1. The van der Waals surface area contributed by atoms with Crippen molar-refractivity contribution < 1.29 is 9.21 Å². The van der Waals surface area contributed by atoms with Crippen LogP contribution in [0.4, 0.5) is 0 Å². The lowest BCUT2D eigenvalue weighted by atomic mass is 10.2. The summed E-state index contributed by atoms with van der Waals surface area (Å²) in [6, 6.07) is 14.0. The fraction of sp³-hybridized carbons (Fsp3) is 0. The number of primary amides is 1. The number of rotatable bonds is 3. The van der Waals surface area contributed by atoms with E-state index in [4.69, 9.17) is 15.4 Å². The molecule has 3 rings (SSSR count). The third kappa shape index (κ3) is 2.28. The smallest absolute Gasteiger partial charge is 0.269 e. The molecule has 3 aromatic rings. The third-order valence-corrected chi connectivity index (χ3v) is 2.96. The SMILES string of the molecule is N#Cc1cccc(-n2nc(C(N)=O)cc2-c2ccco2)c1. The van der Waals surface area contributed by atoms with Gasteiger partial charge in [-0.15, -0.1) is 0 Å². The maximum Gasteiger partial charge on any atom is 0.269 e. The molecule has 0 saturated heterocycles. The quantitative estimate of drug-likeness (QED) is 0.793. The molecule has 1 amide bonds. The van der Waals surface area contributed by atoms with Gasteiger partial charge in [0, 0.05) is 6.07 Å². The molecule has 0 spiro atoms. The Hall–Kier alpha value is -3.33. The summed E-state index contributed by atoms with van der Waals surface area (Å²) in [5.41, 5.74) is 7.14. The molecule has 0 fully saturated rings. The van der Waals surface area contributed by atoms with Gasteiger partial charge in [0.15, 0.2) is 11.5 Å². The van der Waals surface area contributed by atoms with Crippen molar-refractivity contribution in [3.63, 3.8) is 0 Å². The molecule has 0 saturated carbocycles. The molecule has 0 bridgehead atoms. The minimum Gasteiger partial charge on any atom is -0.463 e. The molecular formula is C15H10N4O2. The van der Waals surface area contributed by atoms with E-state index in [9.17, 15) is 4.79 Å². The zero-order valence-electron chi connectivity index (χ0n) is 10.9. The van der Waals surface area contributed by atoms with Gasteiger partial charge >= 0.3 is 0 Å². The molecule has 2 heterocycles. The van der Waals surface area contributed by atoms with Crippen LogP contribution in [-0.4, -0.2) is 15.7 Å². The summed E-state index contributed by atoms with van der Waals surface area (Å²) in [5.74, 6) is -0.0737. The van der Waals surface area contributed by atoms with Gasteiger partial charge in [0.25, 0.3) is 5.91 Å². The first-order chi connectivity index (χ1) is 10.2. The van der Waals surface area contributed by atoms with Gasteiger partial charge in [-0.05, 0) is 30.3 Å². The predicted molar refractivity (Wildman–Crippen MR) is 74.5 cm³/mol. The van der Waals surface area contributed by atoms with Gasteiger partial charge in [0.1, 0.15) is 5.69 Å². The van der Waals surface area contributed by atoms with Crippen LogP contribution in [0.25, 0.3) is 17.1 Å². The van der Waals surface area contributed by atoms with Crippen LogP contribution < -0.4 is 5.73 Å². The Morgan fingerprint density at radius 3 is 2.81 bits per heavy atom. The van der Waals surface area contributed by atoms with E-state index in [0.29, 0.717) is 22.7 Å². The van der Waals surface area contributed by atoms with Gasteiger partial charge < -0.3 is 10.2 Å². The molecule has 0 atom stereocenters. The van der Waals surface area contributed by atoms with Crippen molar-refractivity contribution in [3.05, 3.63) is 60.0 Å². The Kier molecular flexibility index (Phi) is 3.01. The number of nitriles is 1. The summed E-state index contributed by atoms with van der Waals surface area (Å²) in [6.07, 6.45) is 1.53. The first-order valence-electron chi connectivity index (χ1n) is 6.13. The zero-order valence-corrected chi connectivity index (χ0v) is 10.9. The average Bonchev–Trinajstić information content (AvgIpc) is 3.16. The maximum absolute atomic E-state index is 11.4. The number of hydrogen-bond donors (Lipinski definition) is 1. The maximum atomic E-state index is 11.4. The summed E-state index contributed by atoms with van der Waals surface area (Å²) in [6.45, 7) is 0. The van der Waals surface area contributed by atoms with Crippen LogP contribution in [0.2, 0.25) is 0 Å². The molecule has 6 nitrogen and oxygen atoms in total. The minimum absolute atomic E-state index is 0.128. The van der Waals surface area contributed by atoms with Gasteiger partial charge in [-0.1, -0.05) is 6.07 Å². The molecule has 0 unspecified atom stereocenters. The second kappa shape index (κ2) is 4.98. The van der Waals surface area contributed by atoms with Crippen LogP contribution >= 0.6 is 0 Å². The molecule has 1 aromatic carbocycles. The lowest BCUT2D eigenvalue weighted by Crippen LogP contribution is -2.12. The molecule has 6 heteroatoms. The standard InChI is InChI=1S/C15H10N4O2/c16-9-10-3-1-4-11(7-10)19-13(14-5-2-6-21-14)8-12(18-19)15(17)20/h1-8H,(H2,17,20). The van der Waals surface area contributed by atoms with Crippen LogP contribution in [0, 0.1) is 11.3 Å². The first kappa shape index (κ1) is 12.7. The number of carbonyl (C=O) groups excluding carboxylic acids is 1. The highest BCUT2D eigenvalue weighted by Gasteiger charge is 2.16. The van der Waals surface area contributed by atoms with Gasteiger partial charge in [0.05, 0.1) is 23.6 Å². The number of carbonyl (C=O) groups is 1. The summed E-state index contributed by atoms with van der Waals surface area (Å²) < 4.78 is 6.88. The lowest BCUT2D eigenvalue weighted by molar-refractivity contribution is 0.0995. The minimum atomic E-state index is -0.627. The molecule has 0 aliphatic carbocycles. The number of benzene rings is 1. The van der Waals surface area contributed by atoms with Gasteiger partial charge in [-0.3, -0.25) is 4.79 Å². The fourth-order valence-electron chi connectivity index (χ4n) is 2.01. The van der Waals surface area contributed by atoms with Crippen molar-refractivity contribution in [2.45, 2.75) is 0 Å². The van der Waals surface area contributed by atoms with E-state index in [-0.39, 0.29) is 5.69 Å². The highest BCUT2D eigenvalue weighted by molar-refractivity contribution is 5.92. The van der Waals surface area contributed by atoms with Crippen molar-refractivity contribution in [2.75, 3.05) is 0 Å². The van der Waals surface area contributed by atoms with Crippen LogP contribution in [-0.2, 0) is 0 Å². The second-order valence-corrected chi connectivity index (χ2v) is 4.33. The van der Waals surface area contributed by atoms with Crippen molar-refractivity contribution in [2.24, 2.45) is 5.73 Å². The number of nitrogens with zero attached hydrogens (tertiary/aromatic N) is 3. The molecule has 102 valence electrons. The van der Waals surface area contributed by atoms with E-state index in [1.807, 2.05) is 0 Å². The third-order valence-electron chi connectivity index (χ3n) is 2.96. The van der Waals surface area contributed by atoms with Crippen molar-refractivity contribution in [3.8, 4) is 23.2 Å². The first-order valence-corrected chi connectivity index (χ1v) is 6.13. The Morgan fingerprint density at radius 1 is 1.29 bits per heavy atom. The molecule has 0 aliphatic heterocycles. The van der Waals surface area contributed by atoms with Crippen LogP contribution in [0.5, 0.6) is 0 Å². The summed E-state index contributed by atoms with van der Waals surface area (Å²) in [5, 5.41) is 13.2. The van der Waals surface area contributed by atoms with E-state index in [2.05, 4.69) is 11.2 Å². The van der Waals surface area contributed by atoms with Crippen LogP contribution in [0.15, 0.2) is 53.1 Å². The molecule has 0 radical (unpaired) electrons. The van der Waals surface area contributed by atoms with Crippen LogP contribution in [0.3, 0.4) is 0 Å². The molecule has 2 N–H and O–H groups in total. The Labute approximate surface area is 120 Å². The lowest BCUT2D eigenvalue weighted by Gasteiger charge is -2.05. The van der Waals surface area contributed by atoms with Crippen LogP contribution in [0.1, 0.15) is 16.1 Å². The van der Waals surface area contributed by atoms with E-state index in [1.165, 1.54) is 10.9 Å². The molecule has 21 heavy (non-hydrogen) atoms. The van der Waals surface area contributed by atoms with Gasteiger partial charge in [0.2, 0.25) is 0 Å². The molecule has 0 aliphatic rings. The molecular weight excluding hydrogens is 268 g/mol. The Balaban J connectivity index is 2.21. The number of furan rings is 1. The van der Waals surface area contributed by atoms with Crippen molar-refractivity contribution in [1.29, 1.82) is 5.26 Å². The highest BCUT2D eigenvalue weighted by atomic mass is 16.3. The fourth-order valence-corrected chi connectivity index (χ4v) is 2.01. The van der Waals surface area contributed by atoms with Gasteiger partial charge in [-0.2, -0.15) is 10.4 Å². The van der Waals surface area contributed by atoms with E-state index < -0.39 is 5.91 Å². The summed E-state index contributed by atoms with van der Waals surface area (Å²) in [4.78, 5) is 11.4. The van der Waals surface area contributed by atoms with Crippen molar-refractivity contribution >= 4 is 5.91 Å². The molecule has 2 aromatic heterocycles. The topological polar surface area (TPSA) is 97.8 Å². The van der Waals surface area contributed by atoms with E-state index in [0.717, 1.165) is 0 Å². The Morgan fingerprint density at radius 2 is 2.14 bits per heavy atom. The zero-order chi connectivity index (χ0) is 14.8. The normalized spacial score (nSPS) is 10.2. The van der Waals surface area contributed by atoms with Gasteiger partial charge in [-0.25, -0.2) is 4.68 Å². The van der Waals surface area contributed by atoms with Crippen molar-refractivity contribution in [1.82, 2.24) is 9.78 Å². The van der Waals surface area contributed by atoms with E-state index >= 15 is 0 Å². The highest BCUT2D eigenvalue weighted by Crippen LogP contribution is 2.24. The largest absolute Gasteiger partial charge is 0.463 e. The summed E-state index contributed by atoms with van der Waals surface area (Å²) in [7, 11) is 0. The number of nitrogens with two attached hydrogens (primary N) is 1. The number of hydrogen-bond acceptors (Lipinski definition) is 4. The number of aromatic nitrogens is 2. The summed E-state index contributed by atoms with van der Waals surface area (Å²) >= 11 is 0. The predicted octanol–water partition coefficient (Wildman–Crippen LogP) is 2.10. The average molecular weight is 278 g/mol. The monoisotopic (exact) mass is 278 g/mol. The second-order valence-electron chi connectivity index (χ2n) is 4.33. The Bertz CT molecular complexity index is 841. The van der Waals surface area contributed by atoms with E-state index in [1.54, 1.807) is 42.5 Å².